The first-order valence-corrected chi connectivity index (χ1v) is 8.83. The summed E-state index contributed by atoms with van der Waals surface area (Å²) in [6.07, 6.45) is 0.759. The standard InChI is InChI=1S/C22H23NO4/c1-4-22(2,3)19(20(24)25)23-21(26)27-13-18-16-11-7-5-9-14(16)15-10-6-8-12-17(15)18/h4-12,18-19H,1,13H2,2-3H3,(H,23,26)(H,24,25). The van der Waals surface area contributed by atoms with Crippen molar-refractivity contribution in [3.8, 4) is 11.1 Å². The van der Waals surface area contributed by atoms with Crippen LogP contribution >= 0.6 is 0 Å². The van der Waals surface area contributed by atoms with E-state index < -0.39 is 23.5 Å². The molecule has 140 valence electrons. The van der Waals surface area contributed by atoms with Crippen LogP contribution in [0.25, 0.3) is 11.1 Å². The third-order valence-electron chi connectivity index (χ3n) is 5.12. The summed E-state index contributed by atoms with van der Waals surface area (Å²) < 4.78 is 5.41. The number of alkyl carbamates (subject to hydrolysis) is 1. The van der Waals surface area contributed by atoms with Gasteiger partial charge in [0.25, 0.3) is 0 Å². The molecule has 1 aliphatic carbocycles. The fourth-order valence-corrected chi connectivity index (χ4v) is 3.44. The van der Waals surface area contributed by atoms with Crippen LogP contribution in [0.5, 0.6) is 0 Å². The number of fused-ring (bicyclic) bond motifs is 3. The van der Waals surface area contributed by atoms with Crippen molar-refractivity contribution >= 4 is 12.1 Å². The Hall–Kier alpha value is -3.08. The molecule has 0 fully saturated rings. The van der Waals surface area contributed by atoms with E-state index in [1.165, 1.54) is 6.08 Å². The molecule has 2 aromatic rings. The molecule has 0 heterocycles. The highest BCUT2D eigenvalue weighted by molar-refractivity contribution is 5.81. The van der Waals surface area contributed by atoms with Crippen LogP contribution in [0.2, 0.25) is 0 Å². The maximum atomic E-state index is 12.3. The van der Waals surface area contributed by atoms with Crippen LogP contribution in [0, 0.1) is 5.41 Å². The first kappa shape index (κ1) is 18.7. The lowest BCUT2D eigenvalue weighted by atomic mass is 9.84. The van der Waals surface area contributed by atoms with Crippen LogP contribution < -0.4 is 5.32 Å². The highest BCUT2D eigenvalue weighted by Crippen LogP contribution is 2.44. The highest BCUT2D eigenvalue weighted by atomic mass is 16.5. The summed E-state index contributed by atoms with van der Waals surface area (Å²) in [4.78, 5) is 23.8. The van der Waals surface area contributed by atoms with Crippen LogP contribution in [0.1, 0.15) is 30.9 Å². The van der Waals surface area contributed by atoms with Crippen molar-refractivity contribution in [1.29, 1.82) is 0 Å². The number of carboxylic acid groups (broad SMARTS) is 1. The number of carbonyl (C=O) groups is 2. The molecule has 0 radical (unpaired) electrons. The summed E-state index contributed by atoms with van der Waals surface area (Å²) in [6, 6.07) is 15.0. The average Bonchev–Trinajstić information content (AvgIpc) is 2.98. The zero-order valence-corrected chi connectivity index (χ0v) is 15.4. The number of amides is 1. The van der Waals surface area contributed by atoms with Gasteiger partial charge < -0.3 is 15.2 Å². The number of hydrogen-bond donors (Lipinski definition) is 2. The quantitative estimate of drug-likeness (QED) is 0.753. The fraction of sp³-hybridized carbons (Fsp3) is 0.273. The lowest BCUT2D eigenvalue weighted by Gasteiger charge is -2.28. The van der Waals surface area contributed by atoms with Crippen LogP contribution in [-0.4, -0.2) is 29.8 Å². The van der Waals surface area contributed by atoms with E-state index in [4.69, 9.17) is 4.74 Å². The highest BCUT2D eigenvalue weighted by Gasteiger charge is 2.35. The Morgan fingerprint density at radius 1 is 1.15 bits per heavy atom. The molecule has 5 nitrogen and oxygen atoms in total. The van der Waals surface area contributed by atoms with Gasteiger partial charge in [0.2, 0.25) is 0 Å². The SMILES string of the molecule is C=CC(C)(C)C(NC(=O)OCC1c2ccccc2-c2ccccc21)C(=O)O. The fourth-order valence-electron chi connectivity index (χ4n) is 3.44. The Morgan fingerprint density at radius 2 is 1.67 bits per heavy atom. The average molecular weight is 365 g/mol. The van der Waals surface area contributed by atoms with Gasteiger partial charge in [-0.2, -0.15) is 0 Å². The number of rotatable bonds is 6. The molecule has 1 aliphatic rings. The molecule has 0 bridgehead atoms. The van der Waals surface area contributed by atoms with E-state index in [-0.39, 0.29) is 12.5 Å². The zero-order valence-electron chi connectivity index (χ0n) is 15.4. The number of carboxylic acids is 1. The molecule has 0 saturated carbocycles. The van der Waals surface area contributed by atoms with E-state index >= 15 is 0 Å². The third-order valence-corrected chi connectivity index (χ3v) is 5.12. The van der Waals surface area contributed by atoms with Crippen molar-refractivity contribution in [1.82, 2.24) is 5.32 Å². The van der Waals surface area contributed by atoms with Crippen LogP contribution in [0.15, 0.2) is 61.2 Å². The van der Waals surface area contributed by atoms with E-state index in [0.29, 0.717) is 0 Å². The van der Waals surface area contributed by atoms with E-state index in [9.17, 15) is 14.7 Å². The summed E-state index contributed by atoms with van der Waals surface area (Å²) in [5, 5.41) is 11.9. The van der Waals surface area contributed by atoms with Crippen molar-refractivity contribution in [3.05, 3.63) is 72.3 Å². The van der Waals surface area contributed by atoms with Gasteiger partial charge in [-0.15, -0.1) is 6.58 Å². The minimum absolute atomic E-state index is 0.0705. The number of nitrogens with one attached hydrogen (secondary N) is 1. The van der Waals surface area contributed by atoms with Crippen LogP contribution in [-0.2, 0) is 9.53 Å². The van der Waals surface area contributed by atoms with Crippen LogP contribution in [0.3, 0.4) is 0 Å². The van der Waals surface area contributed by atoms with E-state index in [0.717, 1.165) is 22.3 Å². The number of ether oxygens (including phenoxy) is 1. The van der Waals surface area contributed by atoms with E-state index in [1.54, 1.807) is 13.8 Å². The Kier molecular flexibility index (Phi) is 5.04. The Labute approximate surface area is 158 Å². The van der Waals surface area contributed by atoms with Gasteiger partial charge in [0.15, 0.2) is 0 Å². The lowest BCUT2D eigenvalue weighted by Crippen LogP contribution is -2.49. The first-order valence-electron chi connectivity index (χ1n) is 8.83. The molecule has 0 spiro atoms. The van der Waals surface area contributed by atoms with Gasteiger partial charge in [-0.05, 0) is 22.3 Å². The zero-order chi connectivity index (χ0) is 19.6. The predicted octanol–water partition coefficient (Wildman–Crippen LogP) is 4.19. The third kappa shape index (κ3) is 3.58. The number of hydrogen-bond acceptors (Lipinski definition) is 3. The second-order valence-corrected chi connectivity index (χ2v) is 7.27. The Morgan fingerprint density at radius 3 is 2.15 bits per heavy atom. The lowest BCUT2D eigenvalue weighted by molar-refractivity contribution is -0.141. The summed E-state index contributed by atoms with van der Waals surface area (Å²) in [7, 11) is 0. The number of benzene rings is 2. The summed E-state index contributed by atoms with van der Waals surface area (Å²) >= 11 is 0. The molecule has 2 N–H and O–H groups in total. The van der Waals surface area contributed by atoms with Crippen molar-refractivity contribution in [3.63, 3.8) is 0 Å². The first-order chi connectivity index (χ1) is 12.8. The smallest absolute Gasteiger partial charge is 0.407 e. The molecule has 2 aromatic carbocycles. The minimum Gasteiger partial charge on any atom is -0.480 e. The summed E-state index contributed by atoms with van der Waals surface area (Å²) in [5.74, 6) is -1.20. The molecule has 1 atom stereocenters. The Balaban J connectivity index is 1.74. The van der Waals surface area contributed by atoms with Gasteiger partial charge in [0, 0.05) is 11.3 Å². The van der Waals surface area contributed by atoms with Gasteiger partial charge in [-0.1, -0.05) is 68.5 Å². The number of aliphatic carboxylic acids is 1. The molecule has 5 heteroatoms. The van der Waals surface area contributed by atoms with Gasteiger partial charge in [0.05, 0.1) is 0 Å². The summed E-state index contributed by atoms with van der Waals surface area (Å²) in [5.41, 5.74) is 3.68. The normalized spacial score (nSPS) is 14.0. The predicted molar refractivity (Wildman–Crippen MR) is 104 cm³/mol. The van der Waals surface area contributed by atoms with E-state index in [1.807, 2.05) is 36.4 Å². The number of carbonyl (C=O) groups excluding carboxylic acids is 1. The summed E-state index contributed by atoms with van der Waals surface area (Å²) in [6.45, 7) is 7.18. The minimum atomic E-state index is -1.13. The second-order valence-electron chi connectivity index (χ2n) is 7.27. The molecule has 1 unspecified atom stereocenters. The molecule has 1 amide bonds. The van der Waals surface area contributed by atoms with Crippen molar-refractivity contribution in [2.45, 2.75) is 25.8 Å². The topological polar surface area (TPSA) is 75.6 Å². The maximum absolute atomic E-state index is 12.3. The maximum Gasteiger partial charge on any atom is 0.407 e. The van der Waals surface area contributed by atoms with Gasteiger partial charge in [-0.25, -0.2) is 9.59 Å². The van der Waals surface area contributed by atoms with Crippen molar-refractivity contribution in [2.75, 3.05) is 6.61 Å². The molecular formula is C22H23NO4. The Bertz CT molecular complexity index is 842. The molecule has 0 aliphatic heterocycles. The molecule has 3 rings (SSSR count). The van der Waals surface area contributed by atoms with E-state index in [2.05, 4.69) is 24.0 Å². The monoisotopic (exact) mass is 365 g/mol. The van der Waals surface area contributed by atoms with Gasteiger partial charge in [0.1, 0.15) is 12.6 Å². The van der Waals surface area contributed by atoms with Crippen LogP contribution in [0.4, 0.5) is 4.79 Å². The molecule has 0 saturated heterocycles. The molecular weight excluding hydrogens is 342 g/mol. The van der Waals surface area contributed by atoms with Gasteiger partial charge >= 0.3 is 12.1 Å². The largest absolute Gasteiger partial charge is 0.480 e. The van der Waals surface area contributed by atoms with Gasteiger partial charge in [-0.3, -0.25) is 0 Å². The second kappa shape index (κ2) is 7.27. The van der Waals surface area contributed by atoms with Crippen molar-refractivity contribution < 1.29 is 19.4 Å². The molecule has 27 heavy (non-hydrogen) atoms. The molecule has 0 aromatic heterocycles. The van der Waals surface area contributed by atoms with Crippen molar-refractivity contribution in [2.24, 2.45) is 5.41 Å².